The van der Waals surface area contributed by atoms with E-state index in [0.29, 0.717) is 11.5 Å². The van der Waals surface area contributed by atoms with Crippen LogP contribution >= 0.6 is 0 Å². The summed E-state index contributed by atoms with van der Waals surface area (Å²) in [5.74, 6) is 0.622. The molecule has 0 aromatic carbocycles. The Morgan fingerprint density at radius 1 is 1.33 bits per heavy atom. The van der Waals surface area contributed by atoms with Gasteiger partial charge in [-0.1, -0.05) is 0 Å². The van der Waals surface area contributed by atoms with Gasteiger partial charge in [-0.15, -0.1) is 0 Å². The van der Waals surface area contributed by atoms with Gasteiger partial charge in [0, 0.05) is 17.8 Å². The van der Waals surface area contributed by atoms with Crippen LogP contribution in [0.4, 0.5) is 0 Å². The maximum absolute atomic E-state index is 11.0. The summed E-state index contributed by atoms with van der Waals surface area (Å²) in [5.41, 5.74) is 0.186. The Morgan fingerprint density at radius 3 is 2.87 bits per heavy atom. The lowest BCUT2D eigenvalue weighted by atomic mass is 10.3. The van der Waals surface area contributed by atoms with E-state index >= 15 is 0 Å². The van der Waals surface area contributed by atoms with Crippen LogP contribution in [0, 0.1) is 0 Å². The lowest BCUT2D eigenvalue weighted by Crippen LogP contribution is -2.03. The standard InChI is InChI=1S/C11H9NO3/c13-9-6-8(12-11(14)7-9)3-4-10-2-1-5-15-10/h1-7H,(H2,12,13,14)/b4-3+. The number of pyridine rings is 1. The van der Waals surface area contributed by atoms with Crippen LogP contribution in [0.2, 0.25) is 0 Å². The van der Waals surface area contributed by atoms with E-state index in [0.717, 1.165) is 6.07 Å². The minimum atomic E-state index is -0.339. The molecule has 0 aliphatic carbocycles. The highest BCUT2D eigenvalue weighted by atomic mass is 16.3. The summed E-state index contributed by atoms with van der Waals surface area (Å²) in [6.45, 7) is 0. The minimum absolute atomic E-state index is 0.0576. The van der Waals surface area contributed by atoms with Crippen molar-refractivity contribution in [2.45, 2.75) is 0 Å². The monoisotopic (exact) mass is 203 g/mol. The lowest BCUT2D eigenvalue weighted by Gasteiger charge is -1.94. The van der Waals surface area contributed by atoms with E-state index in [1.165, 1.54) is 6.07 Å². The molecule has 15 heavy (non-hydrogen) atoms. The zero-order chi connectivity index (χ0) is 10.7. The van der Waals surface area contributed by atoms with Crippen molar-refractivity contribution in [2.75, 3.05) is 0 Å². The van der Waals surface area contributed by atoms with E-state index < -0.39 is 0 Å². The second kappa shape index (κ2) is 3.88. The highest BCUT2D eigenvalue weighted by Crippen LogP contribution is 2.09. The zero-order valence-electron chi connectivity index (χ0n) is 7.81. The quantitative estimate of drug-likeness (QED) is 0.782. The first-order valence-electron chi connectivity index (χ1n) is 4.39. The fourth-order valence-electron chi connectivity index (χ4n) is 1.20. The van der Waals surface area contributed by atoms with Crippen molar-refractivity contribution in [1.29, 1.82) is 0 Å². The van der Waals surface area contributed by atoms with Gasteiger partial charge in [-0.25, -0.2) is 0 Å². The zero-order valence-corrected chi connectivity index (χ0v) is 7.81. The van der Waals surface area contributed by atoms with Gasteiger partial charge < -0.3 is 14.5 Å². The van der Waals surface area contributed by atoms with Crippen LogP contribution in [-0.4, -0.2) is 10.1 Å². The van der Waals surface area contributed by atoms with Gasteiger partial charge >= 0.3 is 0 Å². The Balaban J connectivity index is 2.28. The van der Waals surface area contributed by atoms with E-state index in [1.54, 1.807) is 30.5 Å². The molecule has 0 saturated heterocycles. The summed E-state index contributed by atoms with van der Waals surface area (Å²) in [6.07, 6.45) is 4.91. The Bertz CT molecular complexity index is 523. The van der Waals surface area contributed by atoms with Crippen LogP contribution in [0.15, 0.2) is 39.7 Å². The molecule has 0 atom stereocenters. The van der Waals surface area contributed by atoms with Crippen molar-refractivity contribution in [1.82, 2.24) is 4.98 Å². The highest BCUT2D eigenvalue weighted by molar-refractivity contribution is 5.65. The number of hydrogen-bond donors (Lipinski definition) is 2. The molecule has 2 heterocycles. The van der Waals surface area contributed by atoms with Gasteiger partial charge in [0.1, 0.15) is 11.5 Å². The molecule has 0 spiro atoms. The van der Waals surface area contributed by atoms with Gasteiger partial charge in [0.25, 0.3) is 5.56 Å². The summed E-state index contributed by atoms with van der Waals surface area (Å²) >= 11 is 0. The fourth-order valence-corrected chi connectivity index (χ4v) is 1.20. The highest BCUT2D eigenvalue weighted by Gasteiger charge is 1.94. The number of hydrogen-bond acceptors (Lipinski definition) is 3. The Labute approximate surface area is 85.5 Å². The molecule has 0 saturated carbocycles. The van der Waals surface area contributed by atoms with Crippen molar-refractivity contribution >= 4 is 12.2 Å². The van der Waals surface area contributed by atoms with Gasteiger partial charge in [-0.05, 0) is 24.3 Å². The molecule has 2 aromatic heterocycles. The number of aromatic hydroxyl groups is 1. The van der Waals surface area contributed by atoms with Crippen LogP contribution in [0.5, 0.6) is 5.75 Å². The smallest absolute Gasteiger partial charge is 0.252 e. The molecule has 0 unspecified atom stereocenters. The van der Waals surface area contributed by atoms with Crippen molar-refractivity contribution in [3.63, 3.8) is 0 Å². The number of aromatic nitrogens is 1. The van der Waals surface area contributed by atoms with Gasteiger partial charge in [-0.2, -0.15) is 0 Å². The molecule has 76 valence electrons. The maximum Gasteiger partial charge on any atom is 0.252 e. The second-order valence-electron chi connectivity index (χ2n) is 3.01. The van der Waals surface area contributed by atoms with E-state index in [1.807, 2.05) is 0 Å². The summed E-state index contributed by atoms with van der Waals surface area (Å²) in [7, 11) is 0. The minimum Gasteiger partial charge on any atom is -0.508 e. The topological polar surface area (TPSA) is 66.2 Å². The van der Waals surface area contributed by atoms with Gasteiger partial charge in [0.05, 0.1) is 6.26 Å². The van der Waals surface area contributed by atoms with Crippen LogP contribution < -0.4 is 5.56 Å². The SMILES string of the molecule is O=c1cc(O)cc(/C=C/c2ccco2)[nH]1. The average molecular weight is 203 g/mol. The summed E-state index contributed by atoms with van der Waals surface area (Å²) in [6, 6.07) is 6.13. The normalized spacial score (nSPS) is 10.9. The molecule has 2 aromatic rings. The molecule has 0 radical (unpaired) electrons. The molecular formula is C11H9NO3. The molecular weight excluding hydrogens is 194 g/mol. The summed E-state index contributed by atoms with van der Waals surface area (Å²) in [5, 5.41) is 9.17. The van der Waals surface area contributed by atoms with Crippen molar-refractivity contribution in [2.24, 2.45) is 0 Å². The third-order valence-corrected chi connectivity index (χ3v) is 1.82. The predicted molar refractivity (Wildman–Crippen MR) is 56.4 cm³/mol. The van der Waals surface area contributed by atoms with Gasteiger partial charge in [0.2, 0.25) is 0 Å². The molecule has 2 rings (SSSR count). The van der Waals surface area contributed by atoms with Gasteiger partial charge in [0.15, 0.2) is 0 Å². The number of rotatable bonds is 2. The first kappa shape index (κ1) is 9.33. The maximum atomic E-state index is 11.0. The molecule has 0 bridgehead atoms. The molecule has 0 aliphatic rings. The average Bonchev–Trinajstić information content (AvgIpc) is 2.65. The lowest BCUT2D eigenvalue weighted by molar-refractivity contribution is 0.473. The van der Waals surface area contributed by atoms with Crippen LogP contribution in [-0.2, 0) is 0 Å². The molecule has 4 nitrogen and oxygen atoms in total. The van der Waals surface area contributed by atoms with E-state index in [-0.39, 0.29) is 11.3 Å². The summed E-state index contributed by atoms with van der Waals surface area (Å²) in [4.78, 5) is 13.6. The molecule has 0 aliphatic heterocycles. The van der Waals surface area contributed by atoms with Crippen molar-refractivity contribution in [3.05, 3.63) is 52.3 Å². The van der Waals surface area contributed by atoms with E-state index in [9.17, 15) is 9.90 Å². The number of H-pyrrole nitrogens is 1. The summed E-state index contributed by atoms with van der Waals surface area (Å²) < 4.78 is 5.07. The largest absolute Gasteiger partial charge is 0.508 e. The fraction of sp³-hybridized carbons (Fsp3) is 0. The first-order valence-corrected chi connectivity index (χ1v) is 4.39. The molecule has 4 heteroatoms. The third-order valence-electron chi connectivity index (χ3n) is 1.82. The van der Waals surface area contributed by atoms with E-state index in [2.05, 4.69) is 4.98 Å². The number of nitrogens with one attached hydrogen (secondary N) is 1. The number of furan rings is 1. The van der Waals surface area contributed by atoms with Crippen LogP contribution in [0.1, 0.15) is 11.5 Å². The molecule has 0 amide bonds. The number of aromatic amines is 1. The second-order valence-corrected chi connectivity index (χ2v) is 3.01. The van der Waals surface area contributed by atoms with Crippen molar-refractivity contribution < 1.29 is 9.52 Å². The van der Waals surface area contributed by atoms with E-state index in [4.69, 9.17) is 4.42 Å². The Kier molecular flexibility index (Phi) is 2.41. The van der Waals surface area contributed by atoms with Crippen molar-refractivity contribution in [3.8, 4) is 5.75 Å². The molecule has 2 N–H and O–H groups in total. The Hall–Kier alpha value is -2.23. The Morgan fingerprint density at radius 2 is 2.20 bits per heavy atom. The van der Waals surface area contributed by atoms with Crippen LogP contribution in [0.25, 0.3) is 12.2 Å². The first-order chi connectivity index (χ1) is 7.24. The van der Waals surface area contributed by atoms with Crippen LogP contribution in [0.3, 0.4) is 0 Å². The molecule has 0 fully saturated rings. The third kappa shape index (κ3) is 2.37. The van der Waals surface area contributed by atoms with Gasteiger partial charge in [-0.3, -0.25) is 4.79 Å². The predicted octanol–water partition coefficient (Wildman–Crippen LogP) is 1.84.